The maximum absolute atomic E-state index is 11.4. The zero-order valence-corrected chi connectivity index (χ0v) is 11.7. The Hall–Kier alpha value is -1.95. The van der Waals surface area contributed by atoms with Crippen LogP contribution in [0.1, 0.15) is 48.5 Å². The molecule has 0 aliphatic heterocycles. The van der Waals surface area contributed by atoms with Crippen molar-refractivity contribution in [2.75, 3.05) is 19.0 Å². The first-order chi connectivity index (χ1) is 9.22. The maximum Gasteiger partial charge on any atom is 0.337 e. The van der Waals surface area contributed by atoms with Crippen molar-refractivity contribution in [3.05, 3.63) is 29.3 Å². The Bertz CT molecular complexity index is 460. The Balaban J connectivity index is 2.64. The molecule has 0 heterocycles. The van der Waals surface area contributed by atoms with Gasteiger partial charge in [0.2, 0.25) is 0 Å². The minimum Gasteiger partial charge on any atom is -0.465 e. The number of esters is 1. The molecule has 0 saturated carbocycles. The van der Waals surface area contributed by atoms with Gasteiger partial charge in [0, 0.05) is 17.8 Å². The number of nitrogens with one attached hydrogen (secondary N) is 1. The van der Waals surface area contributed by atoms with Gasteiger partial charge in [0.05, 0.1) is 12.7 Å². The monoisotopic (exact) mass is 259 g/mol. The first-order valence-electron chi connectivity index (χ1n) is 6.65. The standard InChI is InChI=1S/C16H21NO2/c1-4-6-7-8-11-17-15-10-9-14(16(18)19-3)12-13(15)5-2/h2,9-10,12,17H,4,6-8,11H2,1,3H3. The van der Waals surface area contributed by atoms with Gasteiger partial charge in [-0.25, -0.2) is 4.79 Å². The summed E-state index contributed by atoms with van der Waals surface area (Å²) < 4.78 is 4.67. The van der Waals surface area contributed by atoms with Gasteiger partial charge in [-0.1, -0.05) is 32.1 Å². The predicted octanol–water partition coefficient (Wildman–Crippen LogP) is 3.45. The van der Waals surface area contributed by atoms with E-state index in [-0.39, 0.29) is 5.97 Å². The number of ether oxygens (including phenoxy) is 1. The van der Waals surface area contributed by atoms with E-state index < -0.39 is 0 Å². The van der Waals surface area contributed by atoms with E-state index in [2.05, 4.69) is 22.9 Å². The summed E-state index contributed by atoms with van der Waals surface area (Å²) in [5, 5.41) is 3.31. The largest absolute Gasteiger partial charge is 0.465 e. The molecule has 0 fully saturated rings. The van der Waals surface area contributed by atoms with Crippen LogP contribution in [-0.4, -0.2) is 19.6 Å². The van der Waals surface area contributed by atoms with Crippen LogP contribution < -0.4 is 5.32 Å². The van der Waals surface area contributed by atoms with E-state index >= 15 is 0 Å². The fourth-order valence-corrected chi connectivity index (χ4v) is 1.84. The van der Waals surface area contributed by atoms with Gasteiger partial charge in [-0.3, -0.25) is 0 Å². The molecule has 0 saturated heterocycles. The van der Waals surface area contributed by atoms with E-state index in [1.165, 1.54) is 26.4 Å². The second-order valence-electron chi connectivity index (χ2n) is 4.38. The van der Waals surface area contributed by atoms with Gasteiger partial charge in [0.15, 0.2) is 0 Å². The molecule has 0 amide bonds. The molecule has 3 heteroatoms. The van der Waals surface area contributed by atoms with Crippen LogP contribution in [0, 0.1) is 12.3 Å². The number of hydrogen-bond donors (Lipinski definition) is 1. The van der Waals surface area contributed by atoms with Crippen molar-refractivity contribution in [3.8, 4) is 12.3 Å². The number of terminal acetylenes is 1. The molecule has 19 heavy (non-hydrogen) atoms. The summed E-state index contributed by atoms with van der Waals surface area (Å²) in [6, 6.07) is 5.24. The number of unbranched alkanes of at least 4 members (excludes halogenated alkanes) is 3. The summed E-state index contributed by atoms with van der Waals surface area (Å²) in [6.45, 7) is 3.08. The van der Waals surface area contributed by atoms with Gasteiger partial charge in [-0.2, -0.15) is 0 Å². The first kappa shape index (κ1) is 15.1. The lowest BCUT2D eigenvalue weighted by molar-refractivity contribution is 0.0600. The second-order valence-corrected chi connectivity index (χ2v) is 4.38. The molecule has 1 rings (SSSR count). The van der Waals surface area contributed by atoms with Crippen LogP contribution >= 0.6 is 0 Å². The minimum absolute atomic E-state index is 0.369. The average molecular weight is 259 g/mol. The predicted molar refractivity (Wildman–Crippen MR) is 78.3 cm³/mol. The lowest BCUT2D eigenvalue weighted by atomic mass is 10.1. The quantitative estimate of drug-likeness (QED) is 0.463. The van der Waals surface area contributed by atoms with E-state index in [1.807, 2.05) is 6.07 Å². The summed E-state index contributed by atoms with van der Waals surface area (Å²) in [5.74, 6) is 2.23. The van der Waals surface area contributed by atoms with Crippen molar-refractivity contribution >= 4 is 11.7 Å². The second kappa shape index (κ2) is 8.20. The van der Waals surface area contributed by atoms with Crippen molar-refractivity contribution in [3.63, 3.8) is 0 Å². The minimum atomic E-state index is -0.369. The van der Waals surface area contributed by atoms with E-state index in [0.717, 1.165) is 18.7 Å². The Morgan fingerprint density at radius 3 is 2.79 bits per heavy atom. The van der Waals surface area contributed by atoms with E-state index in [4.69, 9.17) is 6.42 Å². The van der Waals surface area contributed by atoms with Crippen LogP contribution in [0.25, 0.3) is 0 Å². The van der Waals surface area contributed by atoms with Gasteiger partial charge in [0.25, 0.3) is 0 Å². The summed E-state index contributed by atoms with van der Waals surface area (Å²) in [4.78, 5) is 11.4. The van der Waals surface area contributed by atoms with E-state index in [9.17, 15) is 4.79 Å². The van der Waals surface area contributed by atoms with Gasteiger partial charge < -0.3 is 10.1 Å². The number of methoxy groups -OCH3 is 1. The van der Waals surface area contributed by atoms with Crippen molar-refractivity contribution in [1.29, 1.82) is 0 Å². The lowest BCUT2D eigenvalue weighted by Gasteiger charge is -2.10. The number of benzene rings is 1. The molecule has 0 radical (unpaired) electrons. The summed E-state index contributed by atoms with van der Waals surface area (Å²) in [6.07, 6.45) is 10.3. The van der Waals surface area contributed by atoms with Crippen molar-refractivity contribution in [2.45, 2.75) is 32.6 Å². The van der Waals surface area contributed by atoms with Crippen LogP contribution in [0.5, 0.6) is 0 Å². The molecule has 0 atom stereocenters. The zero-order valence-electron chi connectivity index (χ0n) is 11.7. The summed E-state index contributed by atoms with van der Waals surface area (Å²) in [5.41, 5.74) is 2.07. The number of carbonyl (C=O) groups is 1. The number of anilines is 1. The van der Waals surface area contributed by atoms with Gasteiger partial charge in [0.1, 0.15) is 0 Å². The molecular weight excluding hydrogens is 238 g/mol. The van der Waals surface area contributed by atoms with Crippen LogP contribution in [0.15, 0.2) is 18.2 Å². The Morgan fingerprint density at radius 1 is 1.37 bits per heavy atom. The SMILES string of the molecule is C#Cc1cc(C(=O)OC)ccc1NCCCCCC. The van der Waals surface area contributed by atoms with Crippen molar-refractivity contribution in [2.24, 2.45) is 0 Å². The molecule has 0 aromatic heterocycles. The molecule has 3 nitrogen and oxygen atoms in total. The summed E-state index contributed by atoms with van der Waals surface area (Å²) in [7, 11) is 1.36. The molecule has 0 aliphatic carbocycles. The topological polar surface area (TPSA) is 38.3 Å². The normalized spacial score (nSPS) is 9.74. The number of rotatable bonds is 7. The fourth-order valence-electron chi connectivity index (χ4n) is 1.84. The Kier molecular flexibility index (Phi) is 6.52. The van der Waals surface area contributed by atoms with Crippen LogP contribution in [0.2, 0.25) is 0 Å². The third-order valence-corrected chi connectivity index (χ3v) is 2.94. The third kappa shape index (κ3) is 4.67. The van der Waals surface area contributed by atoms with Crippen LogP contribution in [0.4, 0.5) is 5.69 Å². The molecule has 1 N–H and O–H groups in total. The molecule has 0 bridgehead atoms. The van der Waals surface area contributed by atoms with E-state index in [1.54, 1.807) is 12.1 Å². The highest BCUT2D eigenvalue weighted by Gasteiger charge is 2.08. The molecule has 1 aromatic carbocycles. The lowest BCUT2D eigenvalue weighted by Crippen LogP contribution is -2.06. The summed E-state index contributed by atoms with van der Waals surface area (Å²) >= 11 is 0. The van der Waals surface area contributed by atoms with Gasteiger partial charge >= 0.3 is 5.97 Å². The fraction of sp³-hybridized carbons (Fsp3) is 0.438. The van der Waals surface area contributed by atoms with E-state index in [0.29, 0.717) is 11.1 Å². The molecule has 102 valence electrons. The molecule has 0 aliphatic rings. The van der Waals surface area contributed by atoms with Crippen LogP contribution in [-0.2, 0) is 4.74 Å². The van der Waals surface area contributed by atoms with Gasteiger partial charge in [-0.05, 0) is 24.6 Å². The zero-order chi connectivity index (χ0) is 14.1. The smallest absolute Gasteiger partial charge is 0.337 e. The Morgan fingerprint density at radius 2 is 2.16 bits per heavy atom. The Labute approximate surface area is 115 Å². The molecule has 1 aromatic rings. The molecule has 0 unspecified atom stereocenters. The molecular formula is C16H21NO2. The van der Waals surface area contributed by atoms with Gasteiger partial charge in [-0.15, -0.1) is 6.42 Å². The highest BCUT2D eigenvalue weighted by molar-refractivity contribution is 5.90. The van der Waals surface area contributed by atoms with Crippen LogP contribution in [0.3, 0.4) is 0 Å². The maximum atomic E-state index is 11.4. The van der Waals surface area contributed by atoms with Crippen molar-refractivity contribution in [1.82, 2.24) is 0 Å². The first-order valence-corrected chi connectivity index (χ1v) is 6.65. The highest BCUT2D eigenvalue weighted by atomic mass is 16.5. The number of hydrogen-bond acceptors (Lipinski definition) is 3. The van der Waals surface area contributed by atoms with Crippen molar-refractivity contribution < 1.29 is 9.53 Å². The molecule has 0 spiro atoms. The average Bonchev–Trinajstić information content (AvgIpc) is 2.46. The highest BCUT2D eigenvalue weighted by Crippen LogP contribution is 2.17. The number of carbonyl (C=O) groups excluding carboxylic acids is 1. The third-order valence-electron chi connectivity index (χ3n) is 2.94.